The maximum Gasteiger partial charge on any atom is 1.00 e. The van der Waals surface area contributed by atoms with Crippen molar-refractivity contribution in [3.63, 3.8) is 0 Å². The number of ketones is 1. The summed E-state index contributed by atoms with van der Waals surface area (Å²) >= 11 is 5.85. The summed E-state index contributed by atoms with van der Waals surface area (Å²) in [6, 6.07) is 48.6. The zero-order chi connectivity index (χ0) is 33.7. The van der Waals surface area contributed by atoms with Crippen molar-refractivity contribution in [2.24, 2.45) is 0 Å². The number of allylic oxidation sites excluding steroid dienone is 1. The van der Waals surface area contributed by atoms with Crippen molar-refractivity contribution in [2.45, 2.75) is 31.3 Å². The molecule has 6 aromatic carbocycles. The average molecular weight is 772 g/mol. The molecule has 0 bridgehead atoms. The molecular weight excluding hydrogens is 736 g/mol. The number of rotatable bonds is 15. The van der Waals surface area contributed by atoms with E-state index in [4.69, 9.17) is 31.6 Å². The Bertz CT molecular complexity index is 1990. The largest absolute Gasteiger partial charge is 1.00 e. The molecule has 0 aliphatic carbocycles. The van der Waals surface area contributed by atoms with E-state index >= 15 is 0 Å². The first-order valence-electron chi connectivity index (χ1n) is 16.0. The molecule has 0 saturated carbocycles. The van der Waals surface area contributed by atoms with E-state index in [2.05, 4.69) is 0 Å². The van der Waals surface area contributed by atoms with Crippen LogP contribution in [0.25, 0.3) is 6.08 Å². The Balaban J connectivity index is 0.00000486. The van der Waals surface area contributed by atoms with Crippen LogP contribution in [0.15, 0.2) is 163 Å². The van der Waals surface area contributed by atoms with E-state index < -0.39 is 0 Å². The van der Waals surface area contributed by atoms with Gasteiger partial charge in [-0.15, -0.1) is 4.90 Å². The maximum atomic E-state index is 14.0. The van der Waals surface area contributed by atoms with Gasteiger partial charge < -0.3 is 31.6 Å². The molecule has 50 heavy (non-hydrogen) atoms. The fraction of sp³-hybridized carbons (Fsp3) is 0.0930. The molecule has 0 aliphatic heterocycles. The number of ether oxygens (including phenoxy) is 4. The van der Waals surface area contributed by atoms with Gasteiger partial charge in [0.15, 0.2) is 17.3 Å². The van der Waals surface area contributed by atoms with Gasteiger partial charge in [-0.05, 0) is 52.6 Å². The average Bonchev–Trinajstić information content (AvgIpc) is 3.16. The minimum atomic E-state index is -0.317. The Morgan fingerprint density at radius 1 is 0.480 bits per heavy atom. The van der Waals surface area contributed by atoms with Gasteiger partial charge in [-0.25, -0.2) is 0 Å². The molecule has 0 heterocycles. The second-order valence-corrected chi connectivity index (χ2v) is 11.6. The van der Waals surface area contributed by atoms with Crippen LogP contribution < -0.4 is 18.9 Å². The monoisotopic (exact) mass is 770 g/mol. The summed E-state index contributed by atoms with van der Waals surface area (Å²) in [5.74, 6) is 1.61. The predicted molar refractivity (Wildman–Crippen MR) is 195 cm³/mol. The van der Waals surface area contributed by atoms with Gasteiger partial charge in [-0.1, -0.05) is 133 Å². The van der Waals surface area contributed by atoms with Crippen LogP contribution >= 0.6 is 0 Å². The van der Waals surface area contributed by atoms with Crippen molar-refractivity contribution in [3.8, 4) is 23.0 Å². The topological polar surface area (TPSA) is 54.0 Å². The molecule has 0 atom stereocenters. The van der Waals surface area contributed by atoms with Gasteiger partial charge in [-0.3, -0.25) is 4.79 Å². The molecule has 7 heteroatoms. The zero-order valence-electron chi connectivity index (χ0n) is 27.2. The number of para-hydroxylation sites is 1. The van der Waals surface area contributed by atoms with Crippen LogP contribution in [0.3, 0.4) is 0 Å². The third kappa shape index (κ3) is 9.97. The van der Waals surface area contributed by atoms with Crippen LogP contribution in [0.5, 0.6) is 23.0 Å². The Morgan fingerprint density at radius 3 is 1.40 bits per heavy atom. The molecule has 0 spiro atoms. The Kier molecular flexibility index (Phi) is 13.5. The van der Waals surface area contributed by atoms with E-state index in [1.165, 1.54) is 6.08 Å². The Labute approximate surface area is 314 Å². The summed E-state index contributed by atoms with van der Waals surface area (Å²) < 4.78 is 24.9. The van der Waals surface area contributed by atoms with Gasteiger partial charge in [0.1, 0.15) is 37.9 Å². The Hall–Kier alpha value is -5.11. The molecule has 0 radical (unpaired) electrons. The molecule has 6 aromatic rings. The van der Waals surface area contributed by atoms with E-state index in [1.807, 2.05) is 140 Å². The molecule has 0 amide bonds. The third-order valence-corrected chi connectivity index (χ3v) is 8.10. The van der Waals surface area contributed by atoms with Crippen molar-refractivity contribution in [1.29, 1.82) is 0 Å². The van der Waals surface area contributed by atoms with Crippen molar-refractivity contribution >= 4 is 24.5 Å². The van der Waals surface area contributed by atoms with Crippen molar-refractivity contribution < 1.29 is 46.1 Å². The molecule has 6 rings (SSSR count). The number of carbonyl (C=O) groups is 1. The third-order valence-electron chi connectivity index (χ3n) is 7.69. The second-order valence-electron chi connectivity index (χ2n) is 11.2. The van der Waals surface area contributed by atoms with Crippen LogP contribution in [0.4, 0.5) is 0 Å². The molecule has 0 saturated heterocycles. The minimum absolute atomic E-state index is 0. The number of benzene rings is 6. The fourth-order valence-corrected chi connectivity index (χ4v) is 5.46. The summed E-state index contributed by atoms with van der Waals surface area (Å²) in [5, 5.41) is 0. The summed E-state index contributed by atoms with van der Waals surface area (Å²) in [6.07, 6.45) is 3.22. The zero-order valence-corrected chi connectivity index (χ0v) is 29.5. The van der Waals surface area contributed by atoms with Gasteiger partial charge >= 0.3 is 22.4 Å². The van der Waals surface area contributed by atoms with E-state index in [-0.39, 0.29) is 45.2 Å². The summed E-state index contributed by atoms with van der Waals surface area (Å²) in [6.45, 7) is 1.29. The minimum Gasteiger partial charge on any atom is -0.775 e. The standard InChI is InChI=1S/C43H36O5S.Ag/c44-37(41-38(45-28-32-14-5-1-6-15-32)26-27-40(43(41)49)47-30-34-18-9-3-10-19-34)25-24-36-22-13-23-39(46-29-33-16-7-2-8-17-33)42(36)48-31-35-20-11-4-12-21-35;/h1-27,49H,28-31H2;/q;+1/p-1/b25-24+;. The maximum absolute atomic E-state index is 14.0. The number of hydrogen-bond donors (Lipinski definition) is 0. The molecule has 0 aromatic heterocycles. The van der Waals surface area contributed by atoms with Gasteiger partial charge in [-0.2, -0.15) is 0 Å². The van der Waals surface area contributed by atoms with Gasteiger partial charge in [0.2, 0.25) is 0 Å². The van der Waals surface area contributed by atoms with Crippen LogP contribution in [-0.2, 0) is 61.4 Å². The summed E-state index contributed by atoms with van der Waals surface area (Å²) in [4.78, 5) is 14.3. The first kappa shape index (κ1) is 36.2. The van der Waals surface area contributed by atoms with Crippen molar-refractivity contribution in [1.82, 2.24) is 0 Å². The number of carbonyl (C=O) groups excluding carboxylic acids is 1. The normalized spacial score (nSPS) is 10.6. The van der Waals surface area contributed by atoms with E-state index in [9.17, 15) is 4.79 Å². The van der Waals surface area contributed by atoms with Crippen LogP contribution in [0.2, 0.25) is 0 Å². The predicted octanol–water partition coefficient (Wildman–Crippen LogP) is 9.80. The fourth-order valence-electron chi connectivity index (χ4n) is 5.13. The van der Waals surface area contributed by atoms with E-state index in [1.54, 1.807) is 18.2 Å². The smallest absolute Gasteiger partial charge is 0.775 e. The molecule has 0 aliphatic rings. The van der Waals surface area contributed by atoms with Gasteiger partial charge in [0.05, 0.1) is 0 Å². The van der Waals surface area contributed by atoms with Crippen molar-refractivity contribution in [3.05, 3.63) is 191 Å². The molecule has 254 valence electrons. The van der Waals surface area contributed by atoms with Crippen LogP contribution in [0, 0.1) is 0 Å². The van der Waals surface area contributed by atoms with Gasteiger partial charge in [0, 0.05) is 11.1 Å². The molecule has 0 fully saturated rings. The van der Waals surface area contributed by atoms with Gasteiger partial charge in [0.25, 0.3) is 0 Å². The summed E-state index contributed by atoms with van der Waals surface area (Å²) in [7, 11) is 0. The quantitative estimate of drug-likeness (QED) is 0.0449. The molecule has 0 unspecified atom stereocenters. The SMILES string of the molecule is O=C(/C=C/c1cccc(OCc2ccccc2)c1OCc1ccccc1)c1c(OCc2ccccc2)ccc(OCc2ccccc2)c1[S-].[Ag+]. The second kappa shape index (κ2) is 18.6. The first-order valence-corrected chi connectivity index (χ1v) is 16.4. The van der Waals surface area contributed by atoms with E-state index in [0.29, 0.717) is 48.4 Å². The number of hydrogen-bond acceptors (Lipinski definition) is 6. The summed E-state index contributed by atoms with van der Waals surface area (Å²) in [5.41, 5.74) is 4.95. The van der Waals surface area contributed by atoms with Crippen molar-refractivity contribution in [2.75, 3.05) is 0 Å². The van der Waals surface area contributed by atoms with Crippen LogP contribution in [0.1, 0.15) is 38.2 Å². The molecule has 5 nitrogen and oxygen atoms in total. The Morgan fingerprint density at radius 2 is 0.900 bits per heavy atom. The van der Waals surface area contributed by atoms with E-state index in [0.717, 1.165) is 22.3 Å². The first-order chi connectivity index (χ1) is 24.1. The molecule has 0 N–H and O–H groups in total. The molecular formula is C43H35AgO5S. The van der Waals surface area contributed by atoms with Crippen LogP contribution in [-0.4, -0.2) is 5.78 Å².